The number of hydrogen-bond donors (Lipinski definition) is 2. The van der Waals surface area contributed by atoms with Crippen molar-refractivity contribution in [1.29, 1.82) is 0 Å². The van der Waals surface area contributed by atoms with Crippen LogP contribution in [-0.2, 0) is 20.8 Å². The lowest BCUT2D eigenvalue weighted by Gasteiger charge is -2.32. The number of aliphatic hydroxyl groups is 1. The van der Waals surface area contributed by atoms with E-state index in [-0.39, 0.29) is 18.1 Å². The Kier molecular flexibility index (Phi) is 6.25. The summed E-state index contributed by atoms with van der Waals surface area (Å²) in [5.41, 5.74) is 2.21. The average molecular weight is 502 g/mol. The van der Waals surface area contributed by atoms with Gasteiger partial charge in [0.1, 0.15) is 17.4 Å². The molecule has 3 aliphatic heterocycles. The molecule has 1 aromatic carbocycles. The van der Waals surface area contributed by atoms with Crippen molar-refractivity contribution in [2.75, 3.05) is 38.2 Å². The first-order valence-electron chi connectivity index (χ1n) is 11.7. The molecule has 9 nitrogen and oxygen atoms in total. The molecule has 0 aliphatic carbocycles. The Labute approximate surface area is 206 Å². The van der Waals surface area contributed by atoms with Crippen LogP contribution in [0.15, 0.2) is 30.6 Å². The van der Waals surface area contributed by atoms with Gasteiger partial charge in [-0.25, -0.2) is 14.4 Å². The van der Waals surface area contributed by atoms with E-state index >= 15 is 4.39 Å². The largest absolute Gasteiger partial charge is 0.386 e. The summed E-state index contributed by atoms with van der Waals surface area (Å²) in [6.07, 6.45) is 2.15. The van der Waals surface area contributed by atoms with Crippen LogP contribution in [0.3, 0.4) is 0 Å². The number of nitrogens with one attached hydrogen (secondary N) is 1. The van der Waals surface area contributed by atoms with E-state index in [0.717, 1.165) is 25.2 Å². The Morgan fingerprint density at radius 3 is 2.89 bits per heavy atom. The molecule has 5 heterocycles. The Bertz CT molecular complexity index is 1240. The van der Waals surface area contributed by atoms with Crippen molar-refractivity contribution in [2.24, 2.45) is 0 Å². The fourth-order valence-electron chi connectivity index (χ4n) is 4.83. The van der Waals surface area contributed by atoms with Crippen LogP contribution in [0.25, 0.3) is 22.2 Å². The maximum absolute atomic E-state index is 15.0. The second-order valence-electron chi connectivity index (χ2n) is 9.09. The lowest BCUT2D eigenvalue weighted by molar-refractivity contribution is -0.156. The number of halogens is 2. The monoisotopic (exact) mass is 501 g/mol. The van der Waals surface area contributed by atoms with E-state index in [0.29, 0.717) is 53.4 Å². The van der Waals surface area contributed by atoms with Gasteiger partial charge in [0.25, 0.3) is 0 Å². The zero-order chi connectivity index (χ0) is 23.9. The van der Waals surface area contributed by atoms with E-state index in [1.807, 2.05) is 12.1 Å². The van der Waals surface area contributed by atoms with Gasteiger partial charge in [0.15, 0.2) is 6.29 Å². The number of aliphatic hydroxyl groups excluding tert-OH is 1. The summed E-state index contributed by atoms with van der Waals surface area (Å²) >= 11 is 6.42. The summed E-state index contributed by atoms with van der Waals surface area (Å²) in [6, 6.07) is 4.83. The summed E-state index contributed by atoms with van der Waals surface area (Å²) in [6.45, 7) is 4.30. The molecule has 3 aromatic rings. The molecule has 0 spiro atoms. The van der Waals surface area contributed by atoms with Gasteiger partial charge in [-0.2, -0.15) is 0 Å². The lowest BCUT2D eigenvalue weighted by atomic mass is 10.0. The van der Waals surface area contributed by atoms with Gasteiger partial charge >= 0.3 is 0 Å². The third-order valence-electron chi connectivity index (χ3n) is 6.62. The molecule has 0 amide bonds. The van der Waals surface area contributed by atoms with Gasteiger partial charge in [-0.3, -0.25) is 9.88 Å². The summed E-state index contributed by atoms with van der Waals surface area (Å²) in [7, 11) is 0. The first kappa shape index (κ1) is 23.0. The SMILES string of the molecule is O[C@@H]1[C@@H]2OC[C@H](C[C@H]1Nc1ncc(Cl)c(-c3cc(F)c4ncc(CN5CCOCC5)cc4c3)n1)O2. The van der Waals surface area contributed by atoms with Crippen molar-refractivity contribution in [3.05, 3.63) is 47.0 Å². The molecule has 3 saturated heterocycles. The molecule has 0 unspecified atom stereocenters. The Morgan fingerprint density at radius 2 is 2.03 bits per heavy atom. The van der Waals surface area contributed by atoms with Gasteiger partial charge in [0, 0.05) is 36.8 Å². The normalized spacial score (nSPS) is 26.8. The van der Waals surface area contributed by atoms with Crippen molar-refractivity contribution in [3.63, 3.8) is 0 Å². The van der Waals surface area contributed by atoms with Crippen LogP contribution in [0.2, 0.25) is 5.02 Å². The number of ether oxygens (including phenoxy) is 3. The first-order valence-corrected chi connectivity index (χ1v) is 12.0. The van der Waals surface area contributed by atoms with Crippen molar-refractivity contribution < 1.29 is 23.7 Å². The number of aromatic nitrogens is 3. The quantitative estimate of drug-likeness (QED) is 0.546. The molecule has 0 saturated carbocycles. The van der Waals surface area contributed by atoms with E-state index < -0.39 is 18.2 Å². The predicted molar refractivity (Wildman–Crippen MR) is 126 cm³/mol. The van der Waals surface area contributed by atoms with Gasteiger partial charge in [-0.1, -0.05) is 11.6 Å². The smallest absolute Gasteiger partial charge is 0.223 e. The Hall–Kier alpha value is -2.47. The van der Waals surface area contributed by atoms with Crippen LogP contribution in [-0.4, -0.2) is 82.4 Å². The van der Waals surface area contributed by atoms with Crippen LogP contribution >= 0.6 is 11.6 Å². The second kappa shape index (κ2) is 9.53. The fourth-order valence-corrected chi connectivity index (χ4v) is 5.03. The number of anilines is 1. The van der Waals surface area contributed by atoms with Crippen LogP contribution in [0, 0.1) is 5.82 Å². The van der Waals surface area contributed by atoms with Gasteiger partial charge in [-0.05, 0) is 30.2 Å². The molecule has 2 aromatic heterocycles. The van der Waals surface area contributed by atoms with Crippen LogP contribution in [0.1, 0.15) is 12.0 Å². The number of rotatable bonds is 5. The molecule has 4 atom stereocenters. The second-order valence-corrected chi connectivity index (χ2v) is 9.50. The summed E-state index contributed by atoms with van der Waals surface area (Å²) < 4.78 is 31.5. The molecular weight excluding hydrogens is 477 g/mol. The van der Waals surface area contributed by atoms with Crippen LogP contribution in [0.4, 0.5) is 10.3 Å². The minimum atomic E-state index is -0.856. The third kappa shape index (κ3) is 4.69. The predicted octanol–water partition coefficient (Wildman–Crippen LogP) is 2.60. The molecule has 0 radical (unpaired) electrons. The Morgan fingerprint density at radius 1 is 1.17 bits per heavy atom. The minimum absolute atomic E-state index is 0.0820. The molecule has 184 valence electrons. The maximum atomic E-state index is 15.0. The van der Waals surface area contributed by atoms with Crippen molar-refractivity contribution in [1.82, 2.24) is 19.9 Å². The molecule has 2 N–H and O–H groups in total. The van der Waals surface area contributed by atoms with Gasteiger partial charge in [0.2, 0.25) is 5.95 Å². The van der Waals surface area contributed by atoms with E-state index in [4.69, 9.17) is 25.8 Å². The van der Waals surface area contributed by atoms with Gasteiger partial charge in [-0.15, -0.1) is 0 Å². The van der Waals surface area contributed by atoms with E-state index in [1.165, 1.54) is 12.3 Å². The molecular formula is C24H25ClFN5O4. The topological polar surface area (TPSA) is 102 Å². The van der Waals surface area contributed by atoms with Crippen molar-refractivity contribution >= 4 is 28.5 Å². The zero-order valence-corrected chi connectivity index (χ0v) is 19.6. The molecule has 3 fully saturated rings. The molecule has 3 aliphatic rings. The number of morpholine rings is 1. The maximum Gasteiger partial charge on any atom is 0.223 e. The van der Waals surface area contributed by atoms with Crippen LogP contribution < -0.4 is 5.32 Å². The minimum Gasteiger partial charge on any atom is -0.386 e. The van der Waals surface area contributed by atoms with Crippen molar-refractivity contribution in [3.8, 4) is 11.3 Å². The molecule has 35 heavy (non-hydrogen) atoms. The number of benzene rings is 1. The van der Waals surface area contributed by atoms with E-state index in [9.17, 15) is 5.11 Å². The van der Waals surface area contributed by atoms with E-state index in [2.05, 4.69) is 25.2 Å². The summed E-state index contributed by atoms with van der Waals surface area (Å²) in [5, 5.41) is 14.6. The third-order valence-corrected chi connectivity index (χ3v) is 6.89. The summed E-state index contributed by atoms with van der Waals surface area (Å²) in [5.74, 6) is -0.164. The van der Waals surface area contributed by atoms with Gasteiger partial charge in [0.05, 0.1) is 48.9 Å². The fraction of sp³-hybridized carbons (Fsp3) is 0.458. The molecule has 2 bridgehead atoms. The highest BCUT2D eigenvalue weighted by molar-refractivity contribution is 6.33. The Balaban J connectivity index is 1.28. The lowest BCUT2D eigenvalue weighted by Crippen LogP contribution is -2.48. The highest BCUT2D eigenvalue weighted by Gasteiger charge is 2.43. The molecule has 6 rings (SSSR count). The van der Waals surface area contributed by atoms with Gasteiger partial charge < -0.3 is 24.6 Å². The summed E-state index contributed by atoms with van der Waals surface area (Å²) in [4.78, 5) is 15.5. The van der Waals surface area contributed by atoms with E-state index in [1.54, 1.807) is 6.20 Å². The number of pyridine rings is 1. The number of nitrogens with zero attached hydrogens (tertiary/aromatic N) is 4. The first-order chi connectivity index (χ1) is 17.0. The van der Waals surface area contributed by atoms with Crippen LogP contribution in [0.5, 0.6) is 0 Å². The molecule has 11 heteroatoms. The average Bonchev–Trinajstić information content (AvgIpc) is 3.27. The standard InChI is InChI=1S/C24H25ClFN5O4/c25-17-10-28-24(29-19-8-16-12-34-23(35-16)22(19)32)30-20(17)15-6-14-5-13(9-27-21(14)18(26)7-15)11-31-1-3-33-4-2-31/h5-7,9-10,16,19,22-23,32H,1-4,8,11-12H2,(H,28,29,30)/t16-,19+,22-,23+/m0/s1. The van der Waals surface area contributed by atoms with Crippen molar-refractivity contribution in [2.45, 2.75) is 37.5 Å². The number of hydrogen-bond acceptors (Lipinski definition) is 9. The highest BCUT2D eigenvalue weighted by atomic mass is 35.5. The number of fused-ring (bicyclic) bond motifs is 3. The highest BCUT2D eigenvalue weighted by Crippen LogP contribution is 2.32. The zero-order valence-electron chi connectivity index (χ0n) is 18.9.